The highest BCUT2D eigenvalue weighted by atomic mass is 79.9. The second-order valence-corrected chi connectivity index (χ2v) is 4.57. The lowest BCUT2D eigenvalue weighted by atomic mass is 10.1. The molecule has 0 fully saturated rings. The number of ether oxygens (including phenoxy) is 2. The molecule has 0 saturated carbocycles. The molecule has 20 heavy (non-hydrogen) atoms. The second-order valence-electron chi connectivity index (χ2n) is 3.77. The second kappa shape index (κ2) is 7.04. The summed E-state index contributed by atoms with van der Waals surface area (Å²) >= 11 is 3.31. The van der Waals surface area contributed by atoms with Gasteiger partial charge in [0.05, 0.1) is 13.2 Å². The first-order valence-corrected chi connectivity index (χ1v) is 7.26. The van der Waals surface area contributed by atoms with E-state index in [0.29, 0.717) is 28.9 Å². The van der Waals surface area contributed by atoms with Gasteiger partial charge in [0.25, 0.3) is 0 Å². The van der Waals surface area contributed by atoms with Crippen molar-refractivity contribution in [3.63, 3.8) is 0 Å². The standard InChI is InChI=1S/C13H14BrN3O3/c1-2-19-13(18)12-11(15-17-16-12)9-5-3-4-6-10(9)20-8-7-14/h3-6H,2,7-8H2,1H3,(H,15,16,17). The molecule has 1 aromatic carbocycles. The predicted molar refractivity (Wildman–Crippen MR) is 77.1 cm³/mol. The van der Waals surface area contributed by atoms with Gasteiger partial charge in [-0.05, 0) is 19.1 Å². The number of carbonyl (C=O) groups excluding carboxylic acids is 1. The number of nitrogens with one attached hydrogen (secondary N) is 1. The van der Waals surface area contributed by atoms with Crippen LogP contribution in [0.25, 0.3) is 11.3 Å². The Morgan fingerprint density at radius 1 is 1.35 bits per heavy atom. The molecule has 0 aliphatic rings. The summed E-state index contributed by atoms with van der Waals surface area (Å²) in [5.74, 6) is 0.137. The largest absolute Gasteiger partial charge is 0.492 e. The Labute approximate surface area is 124 Å². The van der Waals surface area contributed by atoms with E-state index >= 15 is 0 Å². The number of aromatic amines is 1. The van der Waals surface area contributed by atoms with Gasteiger partial charge in [-0.15, -0.1) is 5.10 Å². The van der Waals surface area contributed by atoms with Crippen molar-refractivity contribution < 1.29 is 14.3 Å². The lowest BCUT2D eigenvalue weighted by Gasteiger charge is -2.09. The molecule has 2 aromatic rings. The van der Waals surface area contributed by atoms with Crippen LogP contribution in [0.4, 0.5) is 0 Å². The molecular formula is C13H14BrN3O3. The van der Waals surface area contributed by atoms with Gasteiger partial charge in [-0.3, -0.25) is 0 Å². The Kier molecular flexibility index (Phi) is 5.11. The van der Waals surface area contributed by atoms with E-state index in [1.165, 1.54) is 0 Å². The average molecular weight is 340 g/mol. The number of nitrogens with zero attached hydrogens (tertiary/aromatic N) is 2. The third kappa shape index (κ3) is 3.16. The molecule has 0 saturated heterocycles. The predicted octanol–water partition coefficient (Wildman–Crippen LogP) is 2.42. The van der Waals surface area contributed by atoms with Crippen molar-refractivity contribution >= 4 is 21.9 Å². The zero-order valence-electron chi connectivity index (χ0n) is 10.9. The minimum atomic E-state index is -0.508. The third-order valence-electron chi connectivity index (χ3n) is 2.49. The molecule has 2 rings (SSSR count). The number of rotatable bonds is 6. The van der Waals surface area contributed by atoms with Crippen molar-refractivity contribution in [2.24, 2.45) is 0 Å². The van der Waals surface area contributed by atoms with E-state index < -0.39 is 5.97 Å². The summed E-state index contributed by atoms with van der Waals surface area (Å²) < 4.78 is 10.6. The van der Waals surface area contributed by atoms with Crippen LogP contribution in [0, 0.1) is 0 Å². The van der Waals surface area contributed by atoms with E-state index in [2.05, 4.69) is 31.3 Å². The highest BCUT2D eigenvalue weighted by Gasteiger charge is 2.21. The summed E-state index contributed by atoms with van der Waals surface area (Å²) in [6.45, 7) is 2.54. The van der Waals surface area contributed by atoms with Crippen LogP contribution in [0.15, 0.2) is 24.3 Å². The van der Waals surface area contributed by atoms with Gasteiger partial charge in [0.15, 0.2) is 5.69 Å². The minimum Gasteiger partial charge on any atom is -0.492 e. The molecule has 0 atom stereocenters. The first-order chi connectivity index (χ1) is 9.77. The van der Waals surface area contributed by atoms with Crippen LogP contribution >= 0.6 is 15.9 Å². The van der Waals surface area contributed by atoms with Gasteiger partial charge < -0.3 is 9.47 Å². The van der Waals surface area contributed by atoms with Crippen LogP contribution in [0.2, 0.25) is 0 Å². The van der Waals surface area contributed by atoms with Gasteiger partial charge in [-0.25, -0.2) is 4.79 Å². The number of halogens is 1. The van der Waals surface area contributed by atoms with E-state index in [-0.39, 0.29) is 12.3 Å². The van der Waals surface area contributed by atoms with Crippen molar-refractivity contribution in [2.75, 3.05) is 18.5 Å². The number of benzene rings is 1. The van der Waals surface area contributed by atoms with Crippen molar-refractivity contribution in [3.05, 3.63) is 30.0 Å². The Morgan fingerprint density at radius 3 is 2.90 bits per heavy atom. The van der Waals surface area contributed by atoms with Gasteiger partial charge in [0, 0.05) is 10.9 Å². The maximum atomic E-state index is 11.8. The van der Waals surface area contributed by atoms with Crippen molar-refractivity contribution in [3.8, 4) is 17.0 Å². The first-order valence-electron chi connectivity index (χ1n) is 6.14. The van der Waals surface area contributed by atoms with Crippen molar-refractivity contribution in [1.29, 1.82) is 0 Å². The fourth-order valence-electron chi connectivity index (χ4n) is 1.70. The molecule has 0 radical (unpaired) electrons. The lowest BCUT2D eigenvalue weighted by Crippen LogP contribution is -2.07. The van der Waals surface area contributed by atoms with Crippen molar-refractivity contribution in [1.82, 2.24) is 15.4 Å². The zero-order chi connectivity index (χ0) is 14.4. The Morgan fingerprint density at radius 2 is 2.15 bits per heavy atom. The third-order valence-corrected chi connectivity index (χ3v) is 2.82. The van der Waals surface area contributed by atoms with Crippen LogP contribution in [0.3, 0.4) is 0 Å². The fraction of sp³-hybridized carbons (Fsp3) is 0.308. The normalized spacial score (nSPS) is 10.3. The average Bonchev–Trinajstić information content (AvgIpc) is 2.95. The minimum absolute atomic E-state index is 0.154. The van der Waals surface area contributed by atoms with Gasteiger partial charge in [0.2, 0.25) is 0 Å². The number of carbonyl (C=O) groups is 1. The van der Waals surface area contributed by atoms with Gasteiger partial charge in [0.1, 0.15) is 11.4 Å². The molecule has 1 heterocycles. The Bertz CT molecular complexity index is 586. The molecule has 0 spiro atoms. The molecule has 1 N–H and O–H groups in total. The van der Waals surface area contributed by atoms with Crippen LogP contribution in [-0.4, -0.2) is 39.9 Å². The van der Waals surface area contributed by atoms with Gasteiger partial charge >= 0.3 is 5.97 Å². The number of hydrogen-bond acceptors (Lipinski definition) is 5. The number of alkyl halides is 1. The molecule has 0 amide bonds. The Balaban J connectivity index is 2.37. The van der Waals surface area contributed by atoms with Gasteiger partial charge in [-0.1, -0.05) is 28.1 Å². The Hall–Kier alpha value is -1.89. The summed E-state index contributed by atoms with van der Waals surface area (Å²) in [5.41, 5.74) is 1.28. The van der Waals surface area contributed by atoms with E-state index in [4.69, 9.17) is 9.47 Å². The molecule has 0 aliphatic heterocycles. The van der Waals surface area contributed by atoms with E-state index in [9.17, 15) is 4.79 Å². The lowest BCUT2D eigenvalue weighted by molar-refractivity contribution is 0.0520. The van der Waals surface area contributed by atoms with E-state index in [1.54, 1.807) is 6.92 Å². The molecule has 0 unspecified atom stereocenters. The number of esters is 1. The van der Waals surface area contributed by atoms with Crippen LogP contribution in [0.5, 0.6) is 5.75 Å². The summed E-state index contributed by atoms with van der Waals surface area (Å²) in [6.07, 6.45) is 0. The molecule has 0 bridgehead atoms. The summed E-state index contributed by atoms with van der Waals surface area (Å²) in [5, 5.41) is 11.1. The quantitative estimate of drug-likeness (QED) is 0.646. The smallest absolute Gasteiger partial charge is 0.361 e. The maximum Gasteiger partial charge on any atom is 0.361 e. The highest BCUT2D eigenvalue weighted by molar-refractivity contribution is 9.09. The van der Waals surface area contributed by atoms with E-state index in [1.807, 2.05) is 24.3 Å². The maximum absolute atomic E-state index is 11.8. The topological polar surface area (TPSA) is 77.1 Å². The fourth-order valence-corrected chi connectivity index (χ4v) is 1.86. The first kappa shape index (κ1) is 14.5. The molecule has 0 aliphatic carbocycles. The number of para-hydroxylation sites is 1. The SMILES string of the molecule is CCOC(=O)c1n[nH]nc1-c1ccccc1OCCBr. The van der Waals surface area contributed by atoms with Gasteiger partial charge in [-0.2, -0.15) is 10.3 Å². The molecule has 7 heteroatoms. The number of aromatic nitrogens is 3. The van der Waals surface area contributed by atoms with Crippen molar-refractivity contribution in [2.45, 2.75) is 6.92 Å². The van der Waals surface area contributed by atoms with E-state index in [0.717, 1.165) is 0 Å². The molecule has 6 nitrogen and oxygen atoms in total. The van der Waals surface area contributed by atoms with Crippen LogP contribution in [0.1, 0.15) is 17.4 Å². The molecule has 106 valence electrons. The van der Waals surface area contributed by atoms with Crippen LogP contribution < -0.4 is 4.74 Å². The zero-order valence-corrected chi connectivity index (χ0v) is 12.5. The monoisotopic (exact) mass is 339 g/mol. The van der Waals surface area contributed by atoms with Crippen LogP contribution in [-0.2, 0) is 4.74 Å². The molecular weight excluding hydrogens is 326 g/mol. The summed E-state index contributed by atoms with van der Waals surface area (Å²) in [4.78, 5) is 11.8. The summed E-state index contributed by atoms with van der Waals surface area (Å²) in [6, 6.07) is 7.35. The summed E-state index contributed by atoms with van der Waals surface area (Å²) in [7, 11) is 0. The number of H-pyrrole nitrogens is 1. The highest BCUT2D eigenvalue weighted by Crippen LogP contribution is 2.30. The number of hydrogen-bond donors (Lipinski definition) is 1. The molecule has 1 aromatic heterocycles.